The van der Waals surface area contributed by atoms with Crippen LogP contribution in [-0.4, -0.2) is 52.8 Å². The minimum atomic E-state index is -1.02. The van der Waals surface area contributed by atoms with E-state index in [4.69, 9.17) is 0 Å². The van der Waals surface area contributed by atoms with Crippen molar-refractivity contribution in [3.8, 4) is 11.1 Å². The summed E-state index contributed by atoms with van der Waals surface area (Å²) in [5.74, 6) is -0.0832. The van der Waals surface area contributed by atoms with Gasteiger partial charge in [-0.05, 0) is 72.1 Å². The number of nitrogens with one attached hydrogen (secondary N) is 2. The molecule has 0 unspecified atom stereocenters. The third kappa shape index (κ3) is 8.08. The fourth-order valence-electron chi connectivity index (χ4n) is 5.04. The highest BCUT2D eigenvalue weighted by Crippen LogP contribution is 2.29. The number of amides is 1. The maximum Gasteiger partial charge on any atom is 0.326 e. The summed E-state index contributed by atoms with van der Waals surface area (Å²) < 4.78 is 0. The van der Waals surface area contributed by atoms with Crippen LogP contribution in [0.15, 0.2) is 42.5 Å². The van der Waals surface area contributed by atoms with Crippen LogP contribution in [0.4, 0.5) is 0 Å². The summed E-state index contributed by atoms with van der Waals surface area (Å²) in [5.41, 5.74) is 4.25. The number of hydrogen-bond donors (Lipinski definition) is 4. The monoisotopic (exact) mass is 512 g/mol. The first kappa shape index (κ1) is 28.2. The second kappa shape index (κ2) is 14.4. The van der Waals surface area contributed by atoms with Gasteiger partial charge in [-0.1, -0.05) is 62.4 Å². The number of aliphatic hydroxyl groups is 1. The fraction of sp³-hybridized carbons (Fsp3) is 0.517. The topological polar surface area (TPSA) is 98.7 Å². The molecule has 36 heavy (non-hydrogen) atoms. The zero-order valence-electron chi connectivity index (χ0n) is 21.5. The zero-order chi connectivity index (χ0) is 25.9. The summed E-state index contributed by atoms with van der Waals surface area (Å²) >= 11 is 1.56. The van der Waals surface area contributed by atoms with Gasteiger partial charge in [-0.25, -0.2) is 4.79 Å². The van der Waals surface area contributed by atoms with Gasteiger partial charge in [0.25, 0.3) is 5.91 Å². The normalized spacial score (nSPS) is 15.9. The Hall–Kier alpha value is -2.35. The van der Waals surface area contributed by atoms with Gasteiger partial charge >= 0.3 is 5.97 Å². The van der Waals surface area contributed by atoms with Crippen LogP contribution < -0.4 is 10.6 Å². The molecule has 1 aliphatic carbocycles. The third-order valence-corrected chi connectivity index (χ3v) is 7.78. The standard InChI is InChI=1S/C29H40N2O4S/c1-20-8-6-7-11-24(20)26-17-22(18-30-23(19-32)16-21-9-4-3-5-10-21)12-13-25(26)28(33)31-27(29(34)35)14-15-36-2/h6-8,11-13,17,21,23,27,30,32H,3-5,9-10,14-16,18-19H2,1-2H3,(H,31,33)(H,34,35)/t23-,27-/m0/s1. The van der Waals surface area contributed by atoms with Gasteiger partial charge in [0.15, 0.2) is 0 Å². The molecule has 2 atom stereocenters. The molecular weight excluding hydrogens is 472 g/mol. The van der Waals surface area contributed by atoms with Gasteiger partial charge in [0.05, 0.1) is 6.61 Å². The number of hydrogen-bond acceptors (Lipinski definition) is 5. The molecule has 1 saturated carbocycles. The van der Waals surface area contributed by atoms with Crippen molar-refractivity contribution in [1.29, 1.82) is 0 Å². The molecule has 1 aliphatic rings. The molecule has 0 heterocycles. The molecule has 0 radical (unpaired) electrons. The minimum absolute atomic E-state index is 0.0470. The first-order valence-electron chi connectivity index (χ1n) is 13.0. The van der Waals surface area contributed by atoms with Crippen LogP contribution in [0, 0.1) is 12.8 Å². The van der Waals surface area contributed by atoms with E-state index in [1.165, 1.54) is 32.1 Å². The number of carbonyl (C=O) groups is 2. The van der Waals surface area contributed by atoms with Crippen LogP contribution in [0.3, 0.4) is 0 Å². The summed E-state index contributed by atoms with van der Waals surface area (Å²) in [4.78, 5) is 24.9. The highest BCUT2D eigenvalue weighted by molar-refractivity contribution is 7.98. The number of carboxylic acids is 1. The van der Waals surface area contributed by atoms with E-state index in [9.17, 15) is 19.8 Å². The molecule has 0 aromatic heterocycles. The average Bonchev–Trinajstić information content (AvgIpc) is 2.89. The van der Waals surface area contributed by atoms with Crippen LogP contribution in [0.1, 0.15) is 66.4 Å². The highest BCUT2D eigenvalue weighted by Gasteiger charge is 2.23. The van der Waals surface area contributed by atoms with Crippen molar-refractivity contribution in [2.75, 3.05) is 18.6 Å². The van der Waals surface area contributed by atoms with Crippen molar-refractivity contribution >= 4 is 23.6 Å². The first-order chi connectivity index (χ1) is 17.4. The van der Waals surface area contributed by atoms with Crippen molar-refractivity contribution in [2.45, 2.75) is 70.5 Å². The van der Waals surface area contributed by atoms with Crippen molar-refractivity contribution in [3.63, 3.8) is 0 Å². The predicted octanol–water partition coefficient (Wildman–Crippen LogP) is 5.02. The lowest BCUT2D eigenvalue weighted by Gasteiger charge is -2.26. The maximum absolute atomic E-state index is 13.2. The van der Waals surface area contributed by atoms with E-state index in [1.54, 1.807) is 17.8 Å². The zero-order valence-corrected chi connectivity index (χ0v) is 22.3. The van der Waals surface area contributed by atoms with Crippen molar-refractivity contribution in [2.24, 2.45) is 5.92 Å². The van der Waals surface area contributed by atoms with Gasteiger partial charge < -0.3 is 20.8 Å². The molecule has 3 rings (SSSR count). The molecule has 0 saturated heterocycles. The summed E-state index contributed by atoms with van der Waals surface area (Å²) in [6.45, 7) is 2.70. The highest BCUT2D eigenvalue weighted by atomic mass is 32.2. The van der Waals surface area contributed by atoms with Crippen LogP contribution in [0.2, 0.25) is 0 Å². The number of thioether (sulfide) groups is 1. The van der Waals surface area contributed by atoms with E-state index >= 15 is 0 Å². The summed E-state index contributed by atoms with van der Waals surface area (Å²) in [6, 6.07) is 12.7. The van der Waals surface area contributed by atoms with Crippen molar-refractivity contribution in [1.82, 2.24) is 10.6 Å². The van der Waals surface area contributed by atoms with Crippen molar-refractivity contribution < 1.29 is 19.8 Å². The lowest BCUT2D eigenvalue weighted by Crippen LogP contribution is -2.41. The number of rotatable bonds is 13. The molecular formula is C29H40N2O4S. The third-order valence-electron chi connectivity index (χ3n) is 7.14. The Morgan fingerprint density at radius 3 is 2.50 bits per heavy atom. The Bertz CT molecular complexity index is 1010. The Morgan fingerprint density at radius 2 is 1.83 bits per heavy atom. The average molecular weight is 513 g/mol. The quantitative estimate of drug-likeness (QED) is 0.301. The van der Waals surface area contributed by atoms with Crippen molar-refractivity contribution in [3.05, 3.63) is 59.2 Å². The number of aliphatic carboxylic acids is 1. The molecule has 1 fully saturated rings. The van der Waals surface area contributed by atoms with Gasteiger partial charge in [0, 0.05) is 18.2 Å². The number of carboxylic acid groups (broad SMARTS) is 1. The van der Waals surface area contributed by atoms with Crippen LogP contribution in [0.25, 0.3) is 11.1 Å². The van der Waals surface area contributed by atoms with Gasteiger partial charge in [0.2, 0.25) is 0 Å². The molecule has 1 amide bonds. The Labute approximate surface area is 219 Å². The molecule has 0 bridgehead atoms. The van der Waals surface area contributed by atoms with Gasteiger partial charge in [-0.2, -0.15) is 11.8 Å². The van der Waals surface area contributed by atoms with Gasteiger partial charge in [0.1, 0.15) is 6.04 Å². The number of aliphatic hydroxyl groups excluding tert-OH is 1. The van der Waals surface area contributed by atoms with E-state index in [1.807, 2.05) is 49.6 Å². The molecule has 4 N–H and O–H groups in total. The molecule has 196 valence electrons. The van der Waals surface area contributed by atoms with Crippen LogP contribution in [-0.2, 0) is 11.3 Å². The van der Waals surface area contributed by atoms with E-state index in [-0.39, 0.29) is 18.6 Å². The minimum Gasteiger partial charge on any atom is -0.480 e. The molecule has 7 heteroatoms. The second-order valence-corrected chi connectivity index (χ2v) is 10.8. The number of benzene rings is 2. The number of carbonyl (C=O) groups excluding carboxylic acids is 1. The summed E-state index contributed by atoms with van der Waals surface area (Å²) in [7, 11) is 0. The van der Waals surface area contributed by atoms with E-state index in [2.05, 4.69) is 10.6 Å². The Balaban J connectivity index is 1.81. The van der Waals surface area contributed by atoms with Gasteiger partial charge in [-0.15, -0.1) is 0 Å². The van der Waals surface area contributed by atoms with E-state index in [0.717, 1.165) is 28.7 Å². The summed E-state index contributed by atoms with van der Waals surface area (Å²) in [5, 5.41) is 25.8. The predicted molar refractivity (Wildman–Crippen MR) is 147 cm³/mol. The molecule has 2 aromatic rings. The fourth-order valence-corrected chi connectivity index (χ4v) is 5.51. The smallest absolute Gasteiger partial charge is 0.326 e. The molecule has 6 nitrogen and oxygen atoms in total. The lowest BCUT2D eigenvalue weighted by atomic mass is 9.85. The van der Waals surface area contributed by atoms with Crippen LogP contribution in [0.5, 0.6) is 0 Å². The maximum atomic E-state index is 13.2. The largest absolute Gasteiger partial charge is 0.480 e. The molecule has 0 aliphatic heterocycles. The van der Waals surface area contributed by atoms with Crippen LogP contribution >= 0.6 is 11.8 Å². The second-order valence-electron chi connectivity index (χ2n) is 9.84. The Morgan fingerprint density at radius 1 is 1.08 bits per heavy atom. The van der Waals surface area contributed by atoms with E-state index < -0.39 is 12.0 Å². The lowest BCUT2D eigenvalue weighted by molar-refractivity contribution is -0.139. The molecule has 0 spiro atoms. The first-order valence-corrected chi connectivity index (χ1v) is 14.4. The van der Waals surface area contributed by atoms with Gasteiger partial charge in [-0.3, -0.25) is 4.79 Å². The Kier molecular flexibility index (Phi) is 11.3. The van der Waals surface area contributed by atoms with E-state index in [0.29, 0.717) is 30.2 Å². The number of aryl methyl sites for hydroxylation is 1. The molecule has 2 aromatic carbocycles. The summed E-state index contributed by atoms with van der Waals surface area (Å²) in [6.07, 6.45) is 9.64. The SMILES string of the molecule is CSCC[C@H](NC(=O)c1ccc(CN[C@H](CO)CC2CCCCC2)cc1-c1ccccc1C)C(=O)O.